The van der Waals surface area contributed by atoms with E-state index in [0.29, 0.717) is 16.5 Å². The molecule has 0 amide bonds. The van der Waals surface area contributed by atoms with E-state index in [2.05, 4.69) is 43.6 Å². The number of hydrogen-bond acceptors (Lipinski definition) is 3. The number of aromatic nitrogens is 1. The van der Waals surface area contributed by atoms with E-state index in [9.17, 15) is 13.2 Å². The maximum absolute atomic E-state index is 12.4. The van der Waals surface area contributed by atoms with Crippen LogP contribution in [0.15, 0.2) is 36.6 Å². The monoisotopic (exact) mass is 436 g/mol. The molecule has 3 atom stereocenters. The van der Waals surface area contributed by atoms with Gasteiger partial charge >= 0.3 is 6.18 Å². The quantitative estimate of drug-likeness (QED) is 0.380. The summed E-state index contributed by atoms with van der Waals surface area (Å²) < 4.78 is 39.5. The highest BCUT2D eigenvalue weighted by Crippen LogP contribution is 2.97. The molecule has 0 radical (unpaired) electrons. The van der Waals surface area contributed by atoms with E-state index >= 15 is 0 Å². The second-order valence-electron chi connectivity index (χ2n) is 9.78. The molecular formula is C24H31F3N2S. The second-order valence-corrected chi connectivity index (χ2v) is 11.1. The summed E-state index contributed by atoms with van der Waals surface area (Å²) in [5, 5.41) is 0. The zero-order chi connectivity index (χ0) is 21.9. The fourth-order valence-electron chi connectivity index (χ4n) is 6.20. The summed E-state index contributed by atoms with van der Waals surface area (Å²) in [6, 6.07) is 2.55. The Morgan fingerprint density at radius 3 is 2.40 bits per heavy atom. The van der Waals surface area contributed by atoms with Gasteiger partial charge in [-0.1, -0.05) is 57.9 Å². The minimum Gasteiger partial charge on any atom is -0.256 e. The highest BCUT2D eigenvalue weighted by atomic mass is 32.2. The molecule has 1 spiro atoms. The van der Waals surface area contributed by atoms with Gasteiger partial charge in [-0.2, -0.15) is 13.2 Å². The van der Waals surface area contributed by atoms with Gasteiger partial charge in [0.05, 0.1) is 11.3 Å². The van der Waals surface area contributed by atoms with Crippen LogP contribution in [0.4, 0.5) is 13.2 Å². The molecule has 5 rings (SSSR count). The molecule has 3 aliphatic carbocycles. The van der Waals surface area contributed by atoms with Crippen molar-refractivity contribution < 1.29 is 13.2 Å². The van der Waals surface area contributed by atoms with Gasteiger partial charge in [-0.15, -0.1) is 0 Å². The Bertz CT molecular complexity index is 873. The van der Waals surface area contributed by atoms with Crippen molar-refractivity contribution in [2.45, 2.75) is 53.1 Å². The Balaban J connectivity index is 0.000000165. The molecule has 2 nitrogen and oxygen atoms in total. The molecule has 3 unspecified atom stereocenters. The van der Waals surface area contributed by atoms with Crippen LogP contribution in [-0.2, 0) is 6.18 Å². The molecule has 1 aliphatic heterocycles. The topological polar surface area (TPSA) is 16.1 Å². The maximum atomic E-state index is 12.4. The minimum atomic E-state index is -4.32. The van der Waals surface area contributed by atoms with E-state index in [1.54, 1.807) is 17.5 Å². The van der Waals surface area contributed by atoms with Crippen LogP contribution in [0.5, 0.6) is 0 Å². The number of alkyl halides is 3. The van der Waals surface area contributed by atoms with Crippen LogP contribution in [0.3, 0.4) is 0 Å². The molecule has 0 N–H and O–H groups in total. The van der Waals surface area contributed by atoms with Gasteiger partial charge in [0.25, 0.3) is 0 Å². The summed E-state index contributed by atoms with van der Waals surface area (Å²) in [4.78, 5) is 3.93. The van der Waals surface area contributed by atoms with Crippen molar-refractivity contribution in [3.8, 4) is 0 Å². The van der Waals surface area contributed by atoms with E-state index < -0.39 is 11.7 Å². The van der Waals surface area contributed by atoms with Crippen molar-refractivity contribution in [3.63, 3.8) is 0 Å². The highest BCUT2D eigenvalue weighted by molar-refractivity contribution is 7.96. The fourth-order valence-corrected chi connectivity index (χ4v) is 6.97. The van der Waals surface area contributed by atoms with Gasteiger partial charge in [-0.25, -0.2) is 4.31 Å². The Hall–Kier alpha value is -1.27. The lowest BCUT2D eigenvalue weighted by Crippen LogP contribution is -2.22. The molecule has 0 aromatic carbocycles. The van der Waals surface area contributed by atoms with Crippen molar-refractivity contribution in [1.29, 1.82) is 0 Å². The van der Waals surface area contributed by atoms with Gasteiger partial charge in [-0.3, -0.25) is 4.98 Å². The molecule has 0 saturated heterocycles. The van der Waals surface area contributed by atoms with Crippen molar-refractivity contribution in [2.75, 3.05) is 18.8 Å². The van der Waals surface area contributed by atoms with Gasteiger partial charge in [0.1, 0.15) is 0 Å². The average molecular weight is 437 g/mol. The smallest absolute Gasteiger partial charge is 0.256 e. The second kappa shape index (κ2) is 7.13. The molecule has 1 aromatic rings. The minimum absolute atomic E-state index is 0.571. The molecule has 4 aliphatic rings. The summed E-state index contributed by atoms with van der Waals surface area (Å²) >= 11 is 1.77. The zero-order valence-corrected chi connectivity index (χ0v) is 19.1. The summed E-state index contributed by atoms with van der Waals surface area (Å²) in [7, 11) is 0. The zero-order valence-electron chi connectivity index (χ0n) is 18.3. The first-order chi connectivity index (χ1) is 14.0. The molecule has 2 heterocycles. The number of nitrogens with zero attached hydrogens (tertiary/aromatic N) is 2. The Morgan fingerprint density at radius 1 is 1.27 bits per heavy atom. The van der Waals surface area contributed by atoms with E-state index in [4.69, 9.17) is 0 Å². The number of hydrogen-bond donors (Lipinski definition) is 0. The number of halogens is 3. The fraction of sp³-hybridized carbons (Fsp3) is 0.625. The van der Waals surface area contributed by atoms with Crippen LogP contribution in [-0.4, -0.2) is 28.1 Å². The molecule has 164 valence electrons. The largest absolute Gasteiger partial charge is 0.417 e. The van der Waals surface area contributed by atoms with E-state index in [1.807, 2.05) is 6.08 Å². The molecule has 0 bridgehead atoms. The summed E-state index contributed by atoms with van der Waals surface area (Å²) in [6.07, 6.45) is 2.22. The normalized spacial score (nSPS) is 33.8. The van der Waals surface area contributed by atoms with Crippen molar-refractivity contribution >= 4 is 17.5 Å². The van der Waals surface area contributed by atoms with Gasteiger partial charge in [0.15, 0.2) is 0 Å². The SMILES string of the molecule is C=C1CC2C(C)(C)C23CC13C.CCSN1CC=C(c2ccc(C(F)(F)F)cn2)CC1. The number of allylic oxidation sites excluding steroid dienone is 1. The Morgan fingerprint density at radius 2 is 2.00 bits per heavy atom. The van der Waals surface area contributed by atoms with E-state index in [0.717, 1.165) is 54.4 Å². The first kappa shape index (κ1) is 21.9. The molecular weight excluding hydrogens is 405 g/mol. The summed E-state index contributed by atoms with van der Waals surface area (Å²) in [5.41, 5.74) is 4.48. The Labute approximate surface area is 182 Å². The molecule has 3 fully saturated rings. The predicted octanol–water partition coefficient (Wildman–Crippen LogP) is 6.86. The first-order valence-corrected chi connectivity index (χ1v) is 11.7. The van der Waals surface area contributed by atoms with Crippen LogP contribution >= 0.6 is 11.9 Å². The van der Waals surface area contributed by atoms with Crippen LogP contribution in [0.25, 0.3) is 5.57 Å². The lowest BCUT2D eigenvalue weighted by atomic mass is 9.90. The first-order valence-electron chi connectivity index (χ1n) is 10.8. The van der Waals surface area contributed by atoms with Crippen molar-refractivity contribution in [3.05, 3.63) is 47.8 Å². The summed E-state index contributed by atoms with van der Waals surface area (Å²) in [5.74, 6) is 2.02. The molecule has 30 heavy (non-hydrogen) atoms. The maximum Gasteiger partial charge on any atom is 0.417 e. The van der Waals surface area contributed by atoms with Gasteiger partial charge in [0.2, 0.25) is 0 Å². The molecule has 1 aromatic heterocycles. The van der Waals surface area contributed by atoms with Crippen molar-refractivity contribution in [2.24, 2.45) is 22.2 Å². The molecule has 6 heteroatoms. The van der Waals surface area contributed by atoms with Gasteiger partial charge < -0.3 is 0 Å². The number of rotatable bonds is 3. The predicted molar refractivity (Wildman–Crippen MR) is 118 cm³/mol. The number of pyridine rings is 1. The third kappa shape index (κ3) is 3.26. The third-order valence-electron chi connectivity index (χ3n) is 8.16. The lowest BCUT2D eigenvalue weighted by molar-refractivity contribution is -0.137. The van der Waals surface area contributed by atoms with Crippen LogP contribution in [0, 0.1) is 22.2 Å². The highest BCUT2D eigenvalue weighted by Gasteiger charge is 2.91. The Kier molecular flexibility index (Phi) is 5.21. The standard InChI is InChI=1S/C13H15F3N2S.C11H16/c1-2-19-18-7-5-10(6-8-18)12-4-3-11(9-17-12)13(14,15)16;1-7-5-8-9(2,3)11(8)6-10(7,11)4/h3-5,9H,2,6-8H2,1H3;8H,1,5-6H2,2-4H3. The van der Waals surface area contributed by atoms with E-state index in [1.165, 1.54) is 18.9 Å². The lowest BCUT2D eigenvalue weighted by Gasteiger charge is -2.24. The van der Waals surface area contributed by atoms with Crippen LogP contribution < -0.4 is 0 Å². The van der Waals surface area contributed by atoms with Crippen molar-refractivity contribution in [1.82, 2.24) is 9.29 Å². The van der Waals surface area contributed by atoms with Crippen LogP contribution in [0.2, 0.25) is 0 Å². The average Bonchev–Trinajstić information content (AvgIpc) is 3.44. The molecule has 3 saturated carbocycles. The van der Waals surface area contributed by atoms with Gasteiger partial charge in [0, 0.05) is 25.0 Å². The summed E-state index contributed by atoms with van der Waals surface area (Å²) in [6.45, 7) is 15.3. The van der Waals surface area contributed by atoms with E-state index in [-0.39, 0.29) is 0 Å². The van der Waals surface area contributed by atoms with Crippen LogP contribution in [0.1, 0.15) is 58.2 Å². The van der Waals surface area contributed by atoms with Gasteiger partial charge in [-0.05, 0) is 59.1 Å². The third-order valence-corrected chi connectivity index (χ3v) is 9.11.